The molecule has 3 rings (SSSR count). The Morgan fingerprint density at radius 2 is 1.62 bits per heavy atom. The van der Waals surface area contributed by atoms with Gasteiger partial charge in [0, 0.05) is 16.0 Å². The van der Waals surface area contributed by atoms with Gasteiger partial charge in [-0.1, -0.05) is 65.8 Å². The van der Waals surface area contributed by atoms with Crippen molar-refractivity contribution in [1.82, 2.24) is 0 Å². The highest BCUT2D eigenvalue weighted by atomic mass is 16.7. The summed E-state index contributed by atoms with van der Waals surface area (Å²) in [4.78, 5) is 2.78. The molecule has 1 heterocycles. The fourth-order valence-electron chi connectivity index (χ4n) is 2.52. The molecule has 1 saturated heterocycles. The van der Waals surface area contributed by atoms with Crippen LogP contribution in [0.25, 0.3) is 10.4 Å². The lowest BCUT2D eigenvalue weighted by molar-refractivity contribution is -0.141. The molecule has 106 valence electrons. The predicted octanol–water partition coefficient (Wildman–Crippen LogP) is 3.61. The zero-order valence-corrected chi connectivity index (χ0v) is 11.4. The van der Waals surface area contributed by atoms with Crippen molar-refractivity contribution in [2.45, 2.75) is 11.9 Å². The van der Waals surface area contributed by atoms with Crippen LogP contribution < -0.4 is 0 Å². The summed E-state index contributed by atoms with van der Waals surface area (Å²) in [5.41, 5.74) is 10.3. The summed E-state index contributed by atoms with van der Waals surface area (Å²) in [5.74, 6) is -0.932. The Bertz CT molecular complexity index is 600. The fourth-order valence-corrected chi connectivity index (χ4v) is 2.52. The van der Waals surface area contributed by atoms with Gasteiger partial charge in [0.2, 0.25) is 5.79 Å². The molecule has 2 aromatic carbocycles. The van der Waals surface area contributed by atoms with Crippen LogP contribution in [0.5, 0.6) is 0 Å². The molecule has 0 spiro atoms. The predicted molar refractivity (Wildman–Crippen MR) is 78.5 cm³/mol. The third-order valence-electron chi connectivity index (χ3n) is 3.46. The van der Waals surface area contributed by atoms with E-state index in [9.17, 15) is 0 Å². The molecule has 5 heteroatoms. The van der Waals surface area contributed by atoms with Crippen molar-refractivity contribution in [2.75, 3.05) is 13.2 Å². The number of ether oxygens (including phenoxy) is 2. The first-order chi connectivity index (χ1) is 10.3. The van der Waals surface area contributed by atoms with Gasteiger partial charge in [-0.05, 0) is 5.53 Å². The van der Waals surface area contributed by atoms with E-state index >= 15 is 0 Å². The molecule has 0 N–H and O–H groups in total. The van der Waals surface area contributed by atoms with Crippen LogP contribution in [0.2, 0.25) is 0 Å². The van der Waals surface area contributed by atoms with Crippen LogP contribution in [-0.4, -0.2) is 19.3 Å². The Kier molecular flexibility index (Phi) is 3.88. The van der Waals surface area contributed by atoms with Crippen molar-refractivity contribution in [3.05, 3.63) is 82.2 Å². The molecule has 1 aliphatic heterocycles. The van der Waals surface area contributed by atoms with Gasteiger partial charge in [0.25, 0.3) is 0 Å². The van der Waals surface area contributed by atoms with Crippen molar-refractivity contribution in [3.8, 4) is 0 Å². The van der Waals surface area contributed by atoms with Crippen LogP contribution in [0.3, 0.4) is 0 Å². The molecule has 1 aliphatic rings. The Hall–Kier alpha value is -2.33. The SMILES string of the molecule is [N-]=[N+]=NCC1COC(c2ccccc2)(c2ccccc2)O1. The maximum absolute atomic E-state index is 8.45. The normalized spacial score (nSPS) is 19.9. The fraction of sp³-hybridized carbons (Fsp3) is 0.250. The van der Waals surface area contributed by atoms with E-state index in [1.54, 1.807) is 0 Å². The molecule has 2 aromatic rings. The monoisotopic (exact) mass is 281 g/mol. The van der Waals surface area contributed by atoms with E-state index in [0.29, 0.717) is 6.61 Å². The molecule has 1 atom stereocenters. The van der Waals surface area contributed by atoms with Gasteiger partial charge in [-0.25, -0.2) is 0 Å². The highest BCUT2D eigenvalue weighted by molar-refractivity contribution is 5.34. The zero-order chi connectivity index (χ0) is 14.5. The molecule has 1 unspecified atom stereocenters. The van der Waals surface area contributed by atoms with E-state index in [2.05, 4.69) is 10.0 Å². The lowest BCUT2D eigenvalue weighted by atomic mass is 9.97. The van der Waals surface area contributed by atoms with Gasteiger partial charge in [0.1, 0.15) is 0 Å². The lowest BCUT2D eigenvalue weighted by Crippen LogP contribution is -2.30. The average molecular weight is 281 g/mol. The maximum Gasteiger partial charge on any atom is 0.222 e. The second kappa shape index (κ2) is 5.97. The summed E-state index contributed by atoms with van der Waals surface area (Å²) in [6.45, 7) is 0.653. The summed E-state index contributed by atoms with van der Waals surface area (Å²) in [7, 11) is 0. The van der Waals surface area contributed by atoms with Gasteiger partial charge in [-0.3, -0.25) is 0 Å². The third kappa shape index (κ3) is 2.62. The molecule has 5 nitrogen and oxygen atoms in total. The van der Waals surface area contributed by atoms with Gasteiger partial charge in [-0.2, -0.15) is 0 Å². The van der Waals surface area contributed by atoms with Crippen LogP contribution in [-0.2, 0) is 15.3 Å². The smallest absolute Gasteiger partial charge is 0.222 e. The summed E-state index contributed by atoms with van der Waals surface area (Å²) >= 11 is 0. The summed E-state index contributed by atoms with van der Waals surface area (Å²) in [6.07, 6.45) is -0.249. The van der Waals surface area contributed by atoms with E-state index in [0.717, 1.165) is 11.1 Å². The van der Waals surface area contributed by atoms with E-state index in [-0.39, 0.29) is 12.6 Å². The molecule has 1 fully saturated rings. The minimum atomic E-state index is -0.932. The highest BCUT2D eigenvalue weighted by Crippen LogP contribution is 2.40. The Balaban J connectivity index is 2.00. The lowest BCUT2D eigenvalue weighted by Gasteiger charge is -2.29. The van der Waals surface area contributed by atoms with Crippen LogP contribution >= 0.6 is 0 Å². The standard InChI is InChI=1S/C16H15N3O2/c17-19-18-11-15-12-20-16(21-15,13-7-3-1-4-8-13)14-9-5-2-6-10-14/h1-10,15H,11-12H2. The number of hydrogen-bond donors (Lipinski definition) is 0. The Morgan fingerprint density at radius 1 is 1.05 bits per heavy atom. The second-order valence-electron chi connectivity index (χ2n) is 4.81. The minimum absolute atomic E-state index is 0.249. The van der Waals surface area contributed by atoms with E-state index in [1.165, 1.54) is 0 Å². The molecule has 0 radical (unpaired) electrons. The van der Waals surface area contributed by atoms with Gasteiger partial charge in [-0.15, -0.1) is 0 Å². The summed E-state index contributed by atoms with van der Waals surface area (Å²) in [5, 5.41) is 3.58. The van der Waals surface area contributed by atoms with Gasteiger partial charge in [0.15, 0.2) is 0 Å². The second-order valence-corrected chi connectivity index (χ2v) is 4.81. The van der Waals surface area contributed by atoms with Crippen molar-refractivity contribution in [1.29, 1.82) is 0 Å². The first kappa shape index (κ1) is 13.6. The number of benzene rings is 2. The van der Waals surface area contributed by atoms with E-state index in [4.69, 9.17) is 15.0 Å². The topological polar surface area (TPSA) is 67.2 Å². The Morgan fingerprint density at radius 3 is 2.14 bits per heavy atom. The maximum atomic E-state index is 8.45. The molecule has 0 saturated carbocycles. The van der Waals surface area contributed by atoms with Gasteiger partial charge in [0.05, 0.1) is 19.3 Å². The van der Waals surface area contributed by atoms with E-state index < -0.39 is 5.79 Å². The molecular weight excluding hydrogens is 266 g/mol. The molecular formula is C16H15N3O2. The molecule has 0 amide bonds. The molecule has 21 heavy (non-hydrogen) atoms. The summed E-state index contributed by atoms with van der Waals surface area (Å²) < 4.78 is 12.2. The van der Waals surface area contributed by atoms with Crippen molar-refractivity contribution in [3.63, 3.8) is 0 Å². The van der Waals surface area contributed by atoms with Crippen molar-refractivity contribution >= 4 is 0 Å². The molecule has 0 aliphatic carbocycles. The van der Waals surface area contributed by atoms with Crippen LogP contribution in [0.1, 0.15) is 11.1 Å². The Labute approximate surface area is 122 Å². The van der Waals surface area contributed by atoms with Crippen LogP contribution in [0, 0.1) is 0 Å². The number of nitrogens with zero attached hydrogens (tertiary/aromatic N) is 3. The van der Waals surface area contributed by atoms with Gasteiger partial charge < -0.3 is 9.47 Å². The molecule has 0 bridgehead atoms. The number of hydrogen-bond acceptors (Lipinski definition) is 3. The largest absolute Gasteiger partial charge is 0.339 e. The summed E-state index contributed by atoms with van der Waals surface area (Å²) in [6, 6.07) is 19.6. The number of rotatable bonds is 4. The first-order valence-corrected chi connectivity index (χ1v) is 6.79. The number of azide groups is 1. The van der Waals surface area contributed by atoms with Crippen molar-refractivity contribution in [2.24, 2.45) is 5.11 Å². The van der Waals surface area contributed by atoms with E-state index in [1.807, 2.05) is 60.7 Å². The highest BCUT2D eigenvalue weighted by Gasteiger charge is 2.44. The van der Waals surface area contributed by atoms with Crippen LogP contribution in [0.4, 0.5) is 0 Å². The molecule has 0 aromatic heterocycles. The third-order valence-corrected chi connectivity index (χ3v) is 3.46. The van der Waals surface area contributed by atoms with Crippen LogP contribution in [0.15, 0.2) is 65.8 Å². The average Bonchev–Trinajstić information content (AvgIpc) is 3.00. The first-order valence-electron chi connectivity index (χ1n) is 6.79. The zero-order valence-electron chi connectivity index (χ0n) is 11.4. The van der Waals surface area contributed by atoms with Gasteiger partial charge >= 0.3 is 0 Å². The minimum Gasteiger partial charge on any atom is -0.339 e. The quantitative estimate of drug-likeness (QED) is 0.488. The van der Waals surface area contributed by atoms with Crippen molar-refractivity contribution < 1.29 is 9.47 Å².